The Morgan fingerprint density at radius 2 is 2.32 bits per heavy atom. The standard InChI is InChI=1S/C14H12N2O5S/c1-8-11(5-10(6-17)21-8)13(19)20-7-9-4-12(18)16-2-3-22-14(16)15-9/h2-5,17H,6-7H2,1H3. The van der Waals surface area contributed by atoms with Crippen LogP contribution < -0.4 is 5.56 Å². The van der Waals surface area contributed by atoms with E-state index in [0.29, 0.717) is 22.2 Å². The van der Waals surface area contributed by atoms with Crippen molar-refractivity contribution < 1.29 is 19.1 Å². The van der Waals surface area contributed by atoms with Gasteiger partial charge in [0.15, 0.2) is 4.96 Å². The van der Waals surface area contributed by atoms with Crippen LogP contribution in [-0.2, 0) is 18.0 Å². The van der Waals surface area contributed by atoms with E-state index in [-0.39, 0.29) is 24.3 Å². The summed E-state index contributed by atoms with van der Waals surface area (Å²) in [4.78, 5) is 28.6. The lowest BCUT2D eigenvalue weighted by Gasteiger charge is -2.03. The van der Waals surface area contributed by atoms with Gasteiger partial charge in [-0.2, -0.15) is 0 Å². The van der Waals surface area contributed by atoms with Gasteiger partial charge in [-0.1, -0.05) is 0 Å². The molecule has 0 unspecified atom stereocenters. The Labute approximate surface area is 128 Å². The molecule has 0 aliphatic rings. The van der Waals surface area contributed by atoms with E-state index in [2.05, 4.69) is 4.98 Å². The first-order valence-corrected chi connectivity index (χ1v) is 7.29. The lowest BCUT2D eigenvalue weighted by atomic mass is 10.2. The molecule has 3 rings (SSSR count). The second kappa shape index (κ2) is 5.74. The zero-order valence-electron chi connectivity index (χ0n) is 11.6. The fraction of sp³-hybridized carbons (Fsp3) is 0.214. The topological polar surface area (TPSA) is 94.0 Å². The first-order valence-electron chi connectivity index (χ1n) is 6.41. The monoisotopic (exact) mass is 320 g/mol. The van der Waals surface area contributed by atoms with Gasteiger partial charge in [-0.15, -0.1) is 11.3 Å². The molecule has 0 atom stereocenters. The highest BCUT2D eigenvalue weighted by atomic mass is 32.1. The summed E-state index contributed by atoms with van der Waals surface area (Å²) in [6.45, 7) is 1.21. The van der Waals surface area contributed by atoms with Gasteiger partial charge in [0, 0.05) is 17.6 Å². The van der Waals surface area contributed by atoms with Crippen molar-refractivity contribution in [2.24, 2.45) is 0 Å². The van der Waals surface area contributed by atoms with Gasteiger partial charge in [0.25, 0.3) is 5.56 Å². The molecule has 0 saturated heterocycles. The molecule has 0 aliphatic carbocycles. The summed E-state index contributed by atoms with van der Waals surface area (Å²) in [5.41, 5.74) is 0.404. The average Bonchev–Trinajstić information content (AvgIpc) is 3.11. The number of aryl methyl sites for hydroxylation is 1. The number of rotatable bonds is 4. The van der Waals surface area contributed by atoms with Crippen molar-refractivity contribution in [3.05, 3.63) is 56.8 Å². The van der Waals surface area contributed by atoms with Gasteiger partial charge in [0.05, 0.1) is 5.69 Å². The predicted molar refractivity (Wildman–Crippen MR) is 77.8 cm³/mol. The number of fused-ring (bicyclic) bond motifs is 1. The molecule has 3 heterocycles. The van der Waals surface area contributed by atoms with E-state index in [9.17, 15) is 9.59 Å². The minimum Gasteiger partial charge on any atom is -0.463 e. The summed E-state index contributed by atoms with van der Waals surface area (Å²) in [5, 5.41) is 10.7. The summed E-state index contributed by atoms with van der Waals surface area (Å²) >= 11 is 1.32. The van der Waals surface area contributed by atoms with Crippen LogP contribution in [0.5, 0.6) is 0 Å². The number of aliphatic hydroxyl groups excluding tert-OH is 1. The summed E-state index contributed by atoms with van der Waals surface area (Å²) in [5.74, 6) is 0.0748. The Morgan fingerprint density at radius 3 is 3.05 bits per heavy atom. The average molecular weight is 320 g/mol. The van der Waals surface area contributed by atoms with Gasteiger partial charge in [0.2, 0.25) is 0 Å². The first-order chi connectivity index (χ1) is 10.6. The smallest absolute Gasteiger partial charge is 0.342 e. The molecule has 0 bridgehead atoms. The van der Waals surface area contributed by atoms with E-state index in [1.165, 1.54) is 27.9 Å². The van der Waals surface area contributed by atoms with Crippen LogP contribution in [0, 0.1) is 6.92 Å². The minimum absolute atomic E-state index is 0.110. The van der Waals surface area contributed by atoms with Crippen molar-refractivity contribution in [3.63, 3.8) is 0 Å². The number of carbonyl (C=O) groups excluding carboxylic acids is 1. The van der Waals surface area contributed by atoms with E-state index < -0.39 is 5.97 Å². The molecule has 0 spiro atoms. The first kappa shape index (κ1) is 14.5. The highest BCUT2D eigenvalue weighted by Crippen LogP contribution is 2.16. The van der Waals surface area contributed by atoms with E-state index in [1.54, 1.807) is 18.5 Å². The maximum absolute atomic E-state index is 12.0. The van der Waals surface area contributed by atoms with Crippen molar-refractivity contribution in [3.8, 4) is 0 Å². The lowest BCUT2D eigenvalue weighted by Crippen LogP contribution is -2.14. The Hall–Kier alpha value is -2.45. The highest BCUT2D eigenvalue weighted by molar-refractivity contribution is 7.15. The number of furan rings is 1. The van der Waals surface area contributed by atoms with Crippen LogP contribution in [0.25, 0.3) is 4.96 Å². The van der Waals surface area contributed by atoms with Crippen molar-refractivity contribution in [1.29, 1.82) is 0 Å². The van der Waals surface area contributed by atoms with E-state index >= 15 is 0 Å². The highest BCUT2D eigenvalue weighted by Gasteiger charge is 2.16. The molecule has 114 valence electrons. The second-order valence-corrected chi connectivity index (χ2v) is 5.43. The number of thiazole rings is 1. The molecule has 3 aromatic heterocycles. The SMILES string of the molecule is Cc1oc(CO)cc1C(=O)OCc1cc(=O)n2ccsc2n1. The minimum atomic E-state index is -0.589. The Morgan fingerprint density at radius 1 is 1.50 bits per heavy atom. The third-order valence-electron chi connectivity index (χ3n) is 3.05. The van der Waals surface area contributed by atoms with Crippen molar-refractivity contribution in [2.75, 3.05) is 0 Å². The van der Waals surface area contributed by atoms with Crippen LogP contribution in [0.4, 0.5) is 0 Å². The van der Waals surface area contributed by atoms with Crippen LogP contribution in [0.1, 0.15) is 27.6 Å². The van der Waals surface area contributed by atoms with Crippen LogP contribution in [0.15, 0.2) is 32.9 Å². The van der Waals surface area contributed by atoms with Gasteiger partial charge >= 0.3 is 5.97 Å². The quantitative estimate of drug-likeness (QED) is 0.732. The molecule has 3 aromatic rings. The molecular formula is C14H12N2O5S. The maximum atomic E-state index is 12.0. The molecule has 0 aliphatic heterocycles. The molecule has 8 heteroatoms. The van der Waals surface area contributed by atoms with Gasteiger partial charge in [-0.05, 0) is 13.0 Å². The molecule has 0 saturated carbocycles. The molecule has 0 fully saturated rings. The van der Waals surface area contributed by atoms with E-state index in [0.717, 1.165) is 0 Å². The number of hydrogen-bond acceptors (Lipinski definition) is 7. The molecule has 0 aromatic carbocycles. The third-order valence-corrected chi connectivity index (χ3v) is 3.81. The number of hydrogen-bond donors (Lipinski definition) is 1. The zero-order valence-corrected chi connectivity index (χ0v) is 12.4. The van der Waals surface area contributed by atoms with E-state index in [4.69, 9.17) is 14.3 Å². The number of ether oxygens (including phenoxy) is 1. The molecule has 0 radical (unpaired) electrons. The van der Waals surface area contributed by atoms with Gasteiger partial charge in [-0.25, -0.2) is 9.78 Å². The van der Waals surface area contributed by atoms with Gasteiger partial charge < -0.3 is 14.3 Å². The fourth-order valence-electron chi connectivity index (χ4n) is 2.00. The fourth-order valence-corrected chi connectivity index (χ4v) is 2.74. The van der Waals surface area contributed by atoms with E-state index in [1.807, 2.05) is 0 Å². The molecule has 7 nitrogen and oxygen atoms in total. The molecule has 1 N–H and O–H groups in total. The summed E-state index contributed by atoms with van der Waals surface area (Å²) < 4.78 is 11.8. The third kappa shape index (κ3) is 2.66. The Balaban J connectivity index is 1.76. The Kier molecular flexibility index (Phi) is 3.78. The largest absolute Gasteiger partial charge is 0.463 e. The lowest BCUT2D eigenvalue weighted by molar-refractivity contribution is 0.0466. The molecular weight excluding hydrogens is 308 g/mol. The zero-order chi connectivity index (χ0) is 15.7. The van der Waals surface area contributed by atoms with Gasteiger partial charge in [-0.3, -0.25) is 9.20 Å². The number of nitrogens with zero attached hydrogens (tertiary/aromatic N) is 2. The maximum Gasteiger partial charge on any atom is 0.342 e. The normalized spacial score (nSPS) is 11.0. The number of aliphatic hydroxyl groups is 1. The number of carbonyl (C=O) groups is 1. The Bertz CT molecular complexity index is 892. The second-order valence-electron chi connectivity index (χ2n) is 4.56. The van der Waals surface area contributed by atoms with Crippen LogP contribution in [0.3, 0.4) is 0 Å². The van der Waals surface area contributed by atoms with Crippen molar-refractivity contribution >= 4 is 22.3 Å². The molecule has 0 amide bonds. The summed E-state index contributed by atoms with van der Waals surface area (Å²) in [6, 6.07) is 2.76. The van der Waals surface area contributed by atoms with Gasteiger partial charge in [0.1, 0.15) is 30.3 Å². The number of esters is 1. The number of aromatic nitrogens is 2. The van der Waals surface area contributed by atoms with Crippen molar-refractivity contribution in [1.82, 2.24) is 9.38 Å². The van der Waals surface area contributed by atoms with Crippen molar-refractivity contribution in [2.45, 2.75) is 20.1 Å². The van der Waals surface area contributed by atoms with Crippen LogP contribution in [0.2, 0.25) is 0 Å². The summed E-state index contributed by atoms with van der Waals surface area (Å²) in [7, 11) is 0. The summed E-state index contributed by atoms with van der Waals surface area (Å²) in [6.07, 6.45) is 1.64. The molecule has 22 heavy (non-hydrogen) atoms. The van der Waals surface area contributed by atoms with Crippen LogP contribution >= 0.6 is 11.3 Å². The predicted octanol–water partition coefficient (Wildman–Crippen LogP) is 1.51. The van der Waals surface area contributed by atoms with Crippen LogP contribution in [-0.4, -0.2) is 20.5 Å².